The second-order valence-corrected chi connectivity index (χ2v) is 7.43. The Labute approximate surface area is 155 Å². The van der Waals surface area contributed by atoms with Gasteiger partial charge in [0.2, 0.25) is 11.7 Å². The van der Waals surface area contributed by atoms with Crippen molar-refractivity contribution in [1.82, 2.24) is 10.6 Å². The second kappa shape index (κ2) is 8.16. The molecular weight excluding hydrogens is 332 g/mol. The monoisotopic (exact) mass is 362 g/mol. The fourth-order valence-electron chi connectivity index (χ4n) is 4.34. The zero-order valence-corrected chi connectivity index (χ0v) is 16.1. The molecule has 0 saturated carbocycles. The van der Waals surface area contributed by atoms with E-state index < -0.39 is 0 Å². The molecule has 2 aliphatic heterocycles. The number of carbonyl (C=O) groups is 1. The van der Waals surface area contributed by atoms with E-state index in [0.717, 1.165) is 18.4 Å². The van der Waals surface area contributed by atoms with E-state index in [-0.39, 0.29) is 11.9 Å². The molecular formula is C20H30N2O4. The van der Waals surface area contributed by atoms with Gasteiger partial charge in [-0.25, -0.2) is 0 Å². The van der Waals surface area contributed by atoms with Gasteiger partial charge in [0, 0.05) is 18.5 Å². The normalized spacial score (nSPS) is 25.5. The fourth-order valence-corrected chi connectivity index (χ4v) is 4.34. The lowest BCUT2D eigenvalue weighted by Gasteiger charge is -2.29. The number of hydrogen-bond donors (Lipinski definition) is 2. The average molecular weight is 362 g/mol. The van der Waals surface area contributed by atoms with Gasteiger partial charge in [-0.2, -0.15) is 0 Å². The predicted molar refractivity (Wildman–Crippen MR) is 99.9 cm³/mol. The summed E-state index contributed by atoms with van der Waals surface area (Å²) in [6, 6.07) is 4.86. The second-order valence-electron chi connectivity index (χ2n) is 7.43. The lowest BCUT2D eigenvalue weighted by Crippen LogP contribution is -2.40. The lowest BCUT2D eigenvalue weighted by molar-refractivity contribution is -0.122. The first-order valence-corrected chi connectivity index (χ1v) is 9.39. The molecule has 1 amide bonds. The van der Waals surface area contributed by atoms with Crippen LogP contribution < -0.4 is 24.8 Å². The highest BCUT2D eigenvalue weighted by atomic mass is 16.5. The molecule has 3 rings (SSSR count). The summed E-state index contributed by atoms with van der Waals surface area (Å²) in [5.74, 6) is 2.34. The quantitative estimate of drug-likeness (QED) is 0.781. The maximum Gasteiger partial charge on any atom is 0.220 e. The maximum atomic E-state index is 12.5. The minimum Gasteiger partial charge on any atom is -0.493 e. The van der Waals surface area contributed by atoms with Crippen LogP contribution in [0, 0.1) is 5.92 Å². The van der Waals surface area contributed by atoms with Crippen molar-refractivity contribution in [3.8, 4) is 17.2 Å². The van der Waals surface area contributed by atoms with E-state index in [1.807, 2.05) is 19.1 Å². The Morgan fingerprint density at radius 2 is 1.69 bits per heavy atom. The van der Waals surface area contributed by atoms with Crippen LogP contribution in [0.5, 0.6) is 17.2 Å². The van der Waals surface area contributed by atoms with E-state index in [9.17, 15) is 4.79 Å². The van der Waals surface area contributed by atoms with E-state index in [1.165, 1.54) is 12.8 Å². The Kier molecular flexibility index (Phi) is 5.91. The minimum atomic E-state index is -0.130. The van der Waals surface area contributed by atoms with Gasteiger partial charge in [-0.3, -0.25) is 4.79 Å². The summed E-state index contributed by atoms with van der Waals surface area (Å²) in [4.78, 5) is 12.5. The lowest BCUT2D eigenvalue weighted by atomic mass is 9.89. The van der Waals surface area contributed by atoms with Crippen molar-refractivity contribution >= 4 is 5.91 Å². The molecule has 2 heterocycles. The van der Waals surface area contributed by atoms with Crippen molar-refractivity contribution in [2.45, 2.75) is 57.2 Å². The average Bonchev–Trinajstić information content (AvgIpc) is 2.98. The van der Waals surface area contributed by atoms with Crippen molar-refractivity contribution < 1.29 is 19.0 Å². The third-order valence-corrected chi connectivity index (χ3v) is 5.61. The number of fused-ring (bicyclic) bond motifs is 2. The van der Waals surface area contributed by atoms with Gasteiger partial charge in [-0.15, -0.1) is 0 Å². The Morgan fingerprint density at radius 3 is 2.19 bits per heavy atom. The summed E-state index contributed by atoms with van der Waals surface area (Å²) in [5.41, 5.74) is 0.929. The molecule has 144 valence electrons. The van der Waals surface area contributed by atoms with E-state index in [2.05, 4.69) is 10.6 Å². The molecule has 26 heavy (non-hydrogen) atoms. The zero-order valence-electron chi connectivity index (χ0n) is 16.1. The number of methoxy groups -OCH3 is 3. The van der Waals surface area contributed by atoms with Gasteiger partial charge in [0.1, 0.15) is 0 Å². The molecule has 6 heteroatoms. The summed E-state index contributed by atoms with van der Waals surface area (Å²) in [7, 11) is 4.77. The van der Waals surface area contributed by atoms with Gasteiger partial charge < -0.3 is 24.8 Å². The number of nitrogens with one attached hydrogen (secondary N) is 2. The Morgan fingerprint density at radius 1 is 1.12 bits per heavy atom. The van der Waals surface area contributed by atoms with Crippen LogP contribution in [0.25, 0.3) is 0 Å². The zero-order chi connectivity index (χ0) is 18.7. The molecule has 3 unspecified atom stereocenters. The summed E-state index contributed by atoms with van der Waals surface area (Å²) >= 11 is 0. The third kappa shape index (κ3) is 4.06. The van der Waals surface area contributed by atoms with E-state index in [0.29, 0.717) is 41.7 Å². The molecule has 3 atom stereocenters. The van der Waals surface area contributed by atoms with Gasteiger partial charge in [0.15, 0.2) is 11.5 Å². The van der Waals surface area contributed by atoms with Crippen LogP contribution in [-0.4, -0.2) is 39.3 Å². The summed E-state index contributed by atoms with van der Waals surface area (Å²) in [6.07, 6.45) is 5.34. The van der Waals surface area contributed by atoms with Gasteiger partial charge in [-0.1, -0.05) is 0 Å². The molecule has 2 saturated heterocycles. The standard InChI is InChI=1S/C20H30N2O4/c1-12(14-10-17(24-2)20(26-4)18(11-14)25-3)21-19(23)9-13-7-15-5-6-16(8-13)22-15/h10-13,15-16,22H,5-9H2,1-4H3,(H,21,23). The Balaban J connectivity index is 1.63. The predicted octanol–water partition coefficient (Wildman–Crippen LogP) is 2.81. The summed E-state index contributed by atoms with van der Waals surface area (Å²) in [5, 5.41) is 6.75. The van der Waals surface area contributed by atoms with Gasteiger partial charge in [0.05, 0.1) is 27.4 Å². The molecule has 6 nitrogen and oxygen atoms in total. The van der Waals surface area contributed by atoms with E-state index in [4.69, 9.17) is 14.2 Å². The molecule has 0 spiro atoms. The van der Waals surface area contributed by atoms with Gasteiger partial charge in [0.25, 0.3) is 0 Å². The number of hydrogen-bond acceptors (Lipinski definition) is 5. The first kappa shape index (κ1) is 18.8. The molecule has 2 N–H and O–H groups in total. The van der Waals surface area contributed by atoms with Crippen molar-refractivity contribution in [1.29, 1.82) is 0 Å². The van der Waals surface area contributed by atoms with Crippen molar-refractivity contribution in [3.63, 3.8) is 0 Å². The van der Waals surface area contributed by atoms with Crippen LogP contribution >= 0.6 is 0 Å². The molecule has 0 radical (unpaired) electrons. The Bertz CT molecular complexity index is 612. The number of ether oxygens (including phenoxy) is 3. The fraction of sp³-hybridized carbons (Fsp3) is 0.650. The molecule has 2 aliphatic rings. The van der Waals surface area contributed by atoms with Crippen molar-refractivity contribution in [3.05, 3.63) is 17.7 Å². The topological polar surface area (TPSA) is 68.8 Å². The summed E-state index contributed by atoms with van der Waals surface area (Å²) < 4.78 is 16.2. The molecule has 0 aliphatic carbocycles. The van der Waals surface area contributed by atoms with Crippen LogP contribution in [0.2, 0.25) is 0 Å². The van der Waals surface area contributed by atoms with Crippen molar-refractivity contribution in [2.75, 3.05) is 21.3 Å². The van der Waals surface area contributed by atoms with E-state index in [1.54, 1.807) is 21.3 Å². The van der Waals surface area contributed by atoms with Crippen molar-refractivity contribution in [2.24, 2.45) is 5.92 Å². The van der Waals surface area contributed by atoms with E-state index >= 15 is 0 Å². The highest BCUT2D eigenvalue weighted by molar-refractivity contribution is 5.76. The minimum absolute atomic E-state index is 0.109. The first-order valence-electron chi connectivity index (χ1n) is 9.39. The maximum absolute atomic E-state index is 12.5. The molecule has 1 aromatic carbocycles. The molecule has 2 fully saturated rings. The van der Waals surface area contributed by atoms with Gasteiger partial charge in [-0.05, 0) is 56.2 Å². The first-order chi connectivity index (χ1) is 12.5. The number of amides is 1. The van der Waals surface area contributed by atoms with Gasteiger partial charge >= 0.3 is 0 Å². The van der Waals surface area contributed by atoms with Crippen LogP contribution in [0.4, 0.5) is 0 Å². The molecule has 2 bridgehead atoms. The number of benzene rings is 1. The smallest absolute Gasteiger partial charge is 0.220 e. The largest absolute Gasteiger partial charge is 0.493 e. The molecule has 1 aromatic rings. The Hall–Kier alpha value is -1.95. The van der Waals surface area contributed by atoms with Crippen LogP contribution in [-0.2, 0) is 4.79 Å². The highest BCUT2D eigenvalue weighted by Gasteiger charge is 2.34. The number of carbonyl (C=O) groups excluding carboxylic acids is 1. The van der Waals surface area contributed by atoms with Crippen LogP contribution in [0.1, 0.15) is 50.6 Å². The number of piperidine rings is 1. The van der Waals surface area contributed by atoms with Crippen LogP contribution in [0.3, 0.4) is 0 Å². The molecule has 0 aromatic heterocycles. The third-order valence-electron chi connectivity index (χ3n) is 5.61. The number of rotatable bonds is 7. The van der Waals surface area contributed by atoms with Crippen LogP contribution in [0.15, 0.2) is 12.1 Å². The summed E-state index contributed by atoms with van der Waals surface area (Å²) in [6.45, 7) is 1.98. The SMILES string of the molecule is COc1cc(C(C)NC(=O)CC2CC3CCC(C2)N3)cc(OC)c1OC. The highest BCUT2D eigenvalue weighted by Crippen LogP contribution is 2.39.